The Labute approximate surface area is 81.7 Å². The summed E-state index contributed by atoms with van der Waals surface area (Å²) in [6, 6.07) is 0. The molecule has 1 N–H and O–H groups in total. The Bertz CT molecular complexity index is 186. The van der Waals surface area contributed by atoms with Gasteiger partial charge in [0.1, 0.15) is 0 Å². The number of hydrogen-bond donors (Lipinski definition) is 1. The number of nitrogens with one attached hydrogen (secondary N) is 1. The van der Waals surface area contributed by atoms with E-state index in [9.17, 15) is 4.21 Å². The molecule has 2 unspecified atom stereocenters. The minimum Gasteiger partial charge on any atom is -0.381 e. The van der Waals surface area contributed by atoms with E-state index in [-0.39, 0.29) is 0 Å². The second-order valence-corrected chi connectivity index (χ2v) is 5.75. The Kier molecular flexibility index (Phi) is 3.35. The molecule has 2 rings (SSSR count). The molecule has 2 fully saturated rings. The van der Waals surface area contributed by atoms with E-state index < -0.39 is 10.8 Å². The third-order valence-electron chi connectivity index (χ3n) is 2.84. The van der Waals surface area contributed by atoms with Crippen LogP contribution in [0.1, 0.15) is 19.3 Å². The van der Waals surface area contributed by atoms with Crippen molar-refractivity contribution in [3.8, 4) is 0 Å². The molecule has 0 bridgehead atoms. The molecule has 0 aromatic carbocycles. The van der Waals surface area contributed by atoms with Gasteiger partial charge >= 0.3 is 0 Å². The zero-order valence-corrected chi connectivity index (χ0v) is 8.65. The van der Waals surface area contributed by atoms with E-state index in [2.05, 4.69) is 5.32 Å². The van der Waals surface area contributed by atoms with Crippen molar-refractivity contribution in [2.24, 2.45) is 0 Å². The van der Waals surface area contributed by atoms with Crippen LogP contribution >= 0.6 is 0 Å². The molecular weight excluding hydrogens is 186 g/mol. The average molecular weight is 203 g/mol. The van der Waals surface area contributed by atoms with Gasteiger partial charge in [0.25, 0.3) is 0 Å². The molecule has 2 heterocycles. The second-order valence-electron chi connectivity index (χ2n) is 3.76. The summed E-state index contributed by atoms with van der Waals surface area (Å²) in [6.45, 7) is 3.59. The van der Waals surface area contributed by atoms with Crippen LogP contribution in [-0.2, 0) is 15.5 Å². The highest BCUT2D eigenvalue weighted by Gasteiger charge is 2.28. The van der Waals surface area contributed by atoms with Crippen molar-refractivity contribution in [2.45, 2.75) is 29.8 Å². The lowest BCUT2D eigenvalue weighted by atomic mass is 10.2. The Morgan fingerprint density at radius 1 is 1.15 bits per heavy atom. The van der Waals surface area contributed by atoms with Crippen LogP contribution in [0.15, 0.2) is 0 Å². The first kappa shape index (κ1) is 9.62. The maximum atomic E-state index is 12.0. The highest BCUT2D eigenvalue weighted by Crippen LogP contribution is 2.19. The molecule has 0 saturated carbocycles. The largest absolute Gasteiger partial charge is 0.381 e. The van der Waals surface area contributed by atoms with E-state index in [1.807, 2.05) is 0 Å². The van der Waals surface area contributed by atoms with Crippen LogP contribution in [0.25, 0.3) is 0 Å². The Morgan fingerprint density at radius 3 is 2.54 bits per heavy atom. The van der Waals surface area contributed by atoms with Crippen LogP contribution in [0, 0.1) is 0 Å². The Morgan fingerprint density at radius 2 is 1.92 bits per heavy atom. The molecule has 2 atom stereocenters. The van der Waals surface area contributed by atoms with Crippen LogP contribution in [0.4, 0.5) is 0 Å². The van der Waals surface area contributed by atoms with E-state index in [1.165, 1.54) is 0 Å². The summed E-state index contributed by atoms with van der Waals surface area (Å²) in [5, 5.41) is 4.08. The molecule has 76 valence electrons. The normalized spacial score (nSPS) is 33.4. The summed E-state index contributed by atoms with van der Waals surface area (Å²) in [5.41, 5.74) is 0. The van der Waals surface area contributed by atoms with Crippen LogP contribution in [0.5, 0.6) is 0 Å². The molecule has 0 spiro atoms. The molecule has 0 amide bonds. The molecule has 0 aromatic rings. The lowest BCUT2D eigenvalue weighted by Gasteiger charge is -2.23. The molecule has 2 aliphatic rings. The van der Waals surface area contributed by atoms with Gasteiger partial charge in [0.15, 0.2) is 0 Å². The zero-order valence-electron chi connectivity index (χ0n) is 7.83. The summed E-state index contributed by atoms with van der Waals surface area (Å²) in [5.74, 6) is 0. The predicted octanol–water partition coefficient (Wildman–Crippen LogP) is 0.276. The molecule has 0 aliphatic carbocycles. The fourth-order valence-corrected chi connectivity index (χ4v) is 3.84. The summed E-state index contributed by atoms with van der Waals surface area (Å²) in [7, 11) is -0.624. The van der Waals surface area contributed by atoms with Crippen molar-refractivity contribution in [1.82, 2.24) is 5.32 Å². The highest BCUT2D eigenvalue weighted by atomic mass is 32.2. The second kappa shape index (κ2) is 4.53. The van der Waals surface area contributed by atoms with Crippen LogP contribution in [0.3, 0.4) is 0 Å². The van der Waals surface area contributed by atoms with Crippen molar-refractivity contribution in [1.29, 1.82) is 0 Å². The van der Waals surface area contributed by atoms with Gasteiger partial charge in [-0.2, -0.15) is 0 Å². The number of hydrogen-bond acceptors (Lipinski definition) is 3. The summed E-state index contributed by atoms with van der Waals surface area (Å²) in [4.78, 5) is 0. The maximum absolute atomic E-state index is 12.0. The summed E-state index contributed by atoms with van der Waals surface area (Å²) in [6.07, 6.45) is 3.07. The standard InChI is InChI=1S/C9H17NO2S/c11-13(9-1-4-10-7-9)8-2-5-12-6-3-8/h8-10H,1-7H2. The molecule has 13 heavy (non-hydrogen) atoms. The molecule has 2 saturated heterocycles. The summed E-state index contributed by atoms with van der Waals surface area (Å²) >= 11 is 0. The Balaban J connectivity index is 1.87. The third kappa shape index (κ3) is 2.30. The first-order valence-corrected chi connectivity index (χ1v) is 6.33. The van der Waals surface area contributed by atoms with Crippen LogP contribution in [0.2, 0.25) is 0 Å². The molecule has 0 aromatic heterocycles. The third-order valence-corrected chi connectivity index (χ3v) is 5.03. The quantitative estimate of drug-likeness (QED) is 0.700. The number of ether oxygens (including phenoxy) is 1. The lowest BCUT2D eigenvalue weighted by Crippen LogP contribution is -2.32. The zero-order chi connectivity index (χ0) is 9.10. The molecule has 2 aliphatic heterocycles. The van der Waals surface area contributed by atoms with Gasteiger partial charge in [-0.05, 0) is 25.8 Å². The van der Waals surface area contributed by atoms with E-state index in [1.54, 1.807) is 0 Å². The van der Waals surface area contributed by atoms with E-state index in [4.69, 9.17) is 4.74 Å². The predicted molar refractivity (Wildman–Crippen MR) is 53.3 cm³/mol. The number of rotatable bonds is 2. The molecular formula is C9H17NO2S. The van der Waals surface area contributed by atoms with Gasteiger partial charge in [-0.25, -0.2) is 0 Å². The van der Waals surface area contributed by atoms with Gasteiger partial charge in [0.05, 0.1) is 0 Å². The van der Waals surface area contributed by atoms with Gasteiger partial charge in [-0.3, -0.25) is 4.21 Å². The lowest BCUT2D eigenvalue weighted by molar-refractivity contribution is 0.0991. The monoisotopic (exact) mass is 203 g/mol. The van der Waals surface area contributed by atoms with Crippen molar-refractivity contribution < 1.29 is 8.95 Å². The van der Waals surface area contributed by atoms with Crippen LogP contribution < -0.4 is 5.32 Å². The maximum Gasteiger partial charge on any atom is 0.0487 e. The SMILES string of the molecule is O=S(C1CCOCC1)C1CCNC1. The fourth-order valence-electron chi connectivity index (χ4n) is 2.01. The molecule has 3 nitrogen and oxygen atoms in total. The van der Waals surface area contributed by atoms with Crippen molar-refractivity contribution in [3.05, 3.63) is 0 Å². The fraction of sp³-hybridized carbons (Fsp3) is 1.00. The molecule has 4 heteroatoms. The Hall–Kier alpha value is 0.0700. The minimum absolute atomic E-state index is 0.402. The van der Waals surface area contributed by atoms with Gasteiger partial charge in [0.2, 0.25) is 0 Å². The smallest absolute Gasteiger partial charge is 0.0487 e. The first-order chi connectivity index (χ1) is 6.38. The molecule has 0 radical (unpaired) electrons. The van der Waals surface area contributed by atoms with Crippen molar-refractivity contribution in [3.63, 3.8) is 0 Å². The van der Waals surface area contributed by atoms with E-state index >= 15 is 0 Å². The van der Waals surface area contributed by atoms with Gasteiger partial charge < -0.3 is 10.1 Å². The van der Waals surface area contributed by atoms with Crippen molar-refractivity contribution >= 4 is 10.8 Å². The highest BCUT2D eigenvalue weighted by molar-refractivity contribution is 7.86. The van der Waals surface area contributed by atoms with Gasteiger partial charge in [-0.15, -0.1) is 0 Å². The average Bonchev–Trinajstić information content (AvgIpc) is 2.71. The summed E-state index contributed by atoms with van der Waals surface area (Å²) < 4.78 is 17.3. The minimum atomic E-state index is -0.624. The van der Waals surface area contributed by atoms with E-state index in [0.717, 1.165) is 45.6 Å². The van der Waals surface area contributed by atoms with Gasteiger partial charge in [0, 0.05) is 41.1 Å². The van der Waals surface area contributed by atoms with Crippen molar-refractivity contribution in [2.75, 3.05) is 26.3 Å². The van der Waals surface area contributed by atoms with Gasteiger partial charge in [-0.1, -0.05) is 0 Å². The van der Waals surface area contributed by atoms with E-state index in [0.29, 0.717) is 10.5 Å². The van der Waals surface area contributed by atoms with Crippen LogP contribution in [-0.4, -0.2) is 41.0 Å². The topological polar surface area (TPSA) is 38.3 Å². The first-order valence-electron chi connectivity index (χ1n) is 5.06.